The third kappa shape index (κ3) is 2.18. The summed E-state index contributed by atoms with van der Waals surface area (Å²) in [6, 6.07) is 0. The molecule has 1 aliphatic heterocycles. The second kappa shape index (κ2) is 4.45. The van der Waals surface area contributed by atoms with E-state index in [0.29, 0.717) is 0 Å². The number of aliphatic hydroxyl groups is 1. The Labute approximate surface area is 90.1 Å². The van der Waals surface area contributed by atoms with Gasteiger partial charge < -0.3 is 5.11 Å². The molecule has 1 nitrogen and oxygen atoms in total. The van der Waals surface area contributed by atoms with Gasteiger partial charge in [-0.25, -0.2) is 0 Å². The minimum atomic E-state index is -0.505. The highest BCUT2D eigenvalue weighted by Crippen LogP contribution is 2.54. The van der Waals surface area contributed by atoms with E-state index in [2.05, 4.69) is 13.8 Å². The van der Waals surface area contributed by atoms with Crippen LogP contribution < -0.4 is 0 Å². The molecule has 0 bridgehead atoms. The van der Waals surface area contributed by atoms with Gasteiger partial charge in [-0.05, 0) is 19.8 Å². The first-order valence-electron chi connectivity index (χ1n) is 5.08. The van der Waals surface area contributed by atoms with Gasteiger partial charge in [-0.3, -0.25) is 0 Å². The van der Waals surface area contributed by atoms with Crippen LogP contribution in [0, 0.1) is 0 Å². The second-order valence-corrected chi connectivity index (χ2v) is 6.87. The van der Waals surface area contributed by atoms with Crippen molar-refractivity contribution in [1.29, 1.82) is 0 Å². The summed E-state index contributed by atoms with van der Waals surface area (Å²) in [5.41, 5.74) is -0.505. The van der Waals surface area contributed by atoms with E-state index in [1.165, 1.54) is 11.5 Å². The Kier molecular flexibility index (Phi) is 4.02. The summed E-state index contributed by atoms with van der Waals surface area (Å²) in [5.74, 6) is 2.39. The van der Waals surface area contributed by atoms with Crippen LogP contribution in [-0.2, 0) is 0 Å². The van der Waals surface area contributed by atoms with Gasteiger partial charge in [0, 0.05) is 11.5 Å². The zero-order valence-corrected chi connectivity index (χ0v) is 10.4. The van der Waals surface area contributed by atoms with Crippen LogP contribution in [0.2, 0.25) is 0 Å². The van der Waals surface area contributed by atoms with Crippen LogP contribution in [0.25, 0.3) is 0 Å². The number of thioether (sulfide) groups is 2. The van der Waals surface area contributed by atoms with E-state index in [0.717, 1.165) is 19.3 Å². The molecule has 0 spiro atoms. The summed E-state index contributed by atoms with van der Waals surface area (Å²) in [6.07, 6.45) is 3.15. The molecule has 0 aromatic carbocycles. The maximum atomic E-state index is 10.4. The molecule has 13 heavy (non-hydrogen) atoms. The minimum Gasteiger partial charge on any atom is -0.388 e. The third-order valence-corrected chi connectivity index (χ3v) is 6.84. The zero-order chi connectivity index (χ0) is 9.95. The molecule has 1 atom stereocenters. The Morgan fingerprint density at radius 1 is 1.31 bits per heavy atom. The van der Waals surface area contributed by atoms with Crippen molar-refractivity contribution < 1.29 is 5.11 Å². The lowest BCUT2D eigenvalue weighted by atomic mass is 9.95. The van der Waals surface area contributed by atoms with Crippen LogP contribution in [0.15, 0.2) is 0 Å². The summed E-state index contributed by atoms with van der Waals surface area (Å²) in [7, 11) is 0. The topological polar surface area (TPSA) is 20.2 Å². The van der Waals surface area contributed by atoms with Crippen molar-refractivity contribution in [3.8, 4) is 0 Å². The fourth-order valence-corrected chi connectivity index (χ4v) is 5.54. The first kappa shape index (κ1) is 11.7. The van der Waals surface area contributed by atoms with Crippen molar-refractivity contribution in [2.45, 2.75) is 49.7 Å². The highest BCUT2D eigenvalue weighted by atomic mass is 32.2. The lowest BCUT2D eigenvalue weighted by molar-refractivity contribution is 0.0411. The number of hydrogen-bond donors (Lipinski definition) is 1. The Morgan fingerprint density at radius 3 is 2.23 bits per heavy atom. The van der Waals surface area contributed by atoms with Crippen LogP contribution in [0.1, 0.15) is 40.0 Å². The SMILES string of the molecule is CCCC1(C(C)(O)CC)SCCS1. The Bertz CT molecular complexity index is 162. The molecule has 0 aromatic heterocycles. The normalized spacial score (nSPS) is 25.8. The monoisotopic (exact) mass is 220 g/mol. The molecule has 1 unspecified atom stereocenters. The van der Waals surface area contributed by atoms with Gasteiger partial charge in [0.25, 0.3) is 0 Å². The smallest absolute Gasteiger partial charge is 0.0894 e. The van der Waals surface area contributed by atoms with E-state index in [1.54, 1.807) is 0 Å². The highest BCUT2D eigenvalue weighted by Gasteiger charge is 2.48. The summed E-state index contributed by atoms with van der Waals surface area (Å²) in [5, 5.41) is 10.4. The van der Waals surface area contributed by atoms with Gasteiger partial charge in [0.15, 0.2) is 0 Å². The summed E-state index contributed by atoms with van der Waals surface area (Å²) in [6.45, 7) is 6.28. The molecule has 0 amide bonds. The maximum Gasteiger partial charge on any atom is 0.0894 e. The molecule has 0 aliphatic carbocycles. The van der Waals surface area contributed by atoms with E-state index in [9.17, 15) is 5.11 Å². The lowest BCUT2D eigenvalue weighted by Crippen LogP contribution is -2.45. The van der Waals surface area contributed by atoms with Crippen molar-refractivity contribution in [2.24, 2.45) is 0 Å². The highest BCUT2D eigenvalue weighted by molar-refractivity contribution is 8.21. The average Bonchev–Trinajstić information content (AvgIpc) is 2.55. The molecular formula is C10H20OS2. The maximum absolute atomic E-state index is 10.4. The summed E-state index contributed by atoms with van der Waals surface area (Å²) in [4.78, 5) is 0. The molecule has 0 radical (unpaired) electrons. The third-order valence-electron chi connectivity index (χ3n) is 2.84. The summed E-state index contributed by atoms with van der Waals surface area (Å²) >= 11 is 3.92. The average molecular weight is 220 g/mol. The van der Waals surface area contributed by atoms with Crippen molar-refractivity contribution in [3.63, 3.8) is 0 Å². The van der Waals surface area contributed by atoms with Crippen LogP contribution in [0.3, 0.4) is 0 Å². The van der Waals surface area contributed by atoms with Crippen LogP contribution in [0.4, 0.5) is 0 Å². The number of hydrogen-bond acceptors (Lipinski definition) is 3. The molecule has 1 aliphatic rings. The van der Waals surface area contributed by atoms with Gasteiger partial charge in [0.2, 0.25) is 0 Å². The predicted molar refractivity (Wildman–Crippen MR) is 63.5 cm³/mol. The van der Waals surface area contributed by atoms with Gasteiger partial charge in [-0.15, -0.1) is 23.5 Å². The Morgan fingerprint density at radius 2 is 1.85 bits per heavy atom. The lowest BCUT2D eigenvalue weighted by Gasteiger charge is -2.40. The van der Waals surface area contributed by atoms with Gasteiger partial charge >= 0.3 is 0 Å². The van der Waals surface area contributed by atoms with Gasteiger partial charge in [-0.1, -0.05) is 20.3 Å². The molecule has 1 fully saturated rings. The molecule has 0 aromatic rings. The van der Waals surface area contributed by atoms with Gasteiger partial charge in [-0.2, -0.15) is 0 Å². The molecule has 3 heteroatoms. The zero-order valence-electron chi connectivity index (χ0n) is 8.80. The fraction of sp³-hybridized carbons (Fsp3) is 1.00. The summed E-state index contributed by atoms with van der Waals surface area (Å²) < 4.78 is 0.0799. The van der Waals surface area contributed by atoms with E-state index >= 15 is 0 Å². The van der Waals surface area contributed by atoms with Crippen molar-refractivity contribution in [2.75, 3.05) is 11.5 Å². The fourth-order valence-electron chi connectivity index (χ4n) is 1.78. The predicted octanol–water partition coefficient (Wildman–Crippen LogP) is 3.12. The van der Waals surface area contributed by atoms with Crippen molar-refractivity contribution in [1.82, 2.24) is 0 Å². The van der Waals surface area contributed by atoms with Crippen LogP contribution in [-0.4, -0.2) is 26.3 Å². The van der Waals surface area contributed by atoms with Crippen LogP contribution >= 0.6 is 23.5 Å². The van der Waals surface area contributed by atoms with Gasteiger partial charge in [0.05, 0.1) is 9.68 Å². The van der Waals surface area contributed by atoms with E-state index in [4.69, 9.17) is 0 Å². The van der Waals surface area contributed by atoms with Crippen molar-refractivity contribution in [3.05, 3.63) is 0 Å². The Balaban J connectivity index is 2.77. The molecular weight excluding hydrogens is 200 g/mol. The number of rotatable bonds is 4. The molecule has 1 heterocycles. The standard InChI is InChI=1S/C10H20OS2/c1-4-6-10(9(3,11)5-2)12-7-8-13-10/h11H,4-8H2,1-3H3. The molecule has 1 rings (SSSR count). The second-order valence-electron chi connectivity index (χ2n) is 3.83. The quantitative estimate of drug-likeness (QED) is 0.786. The first-order valence-corrected chi connectivity index (χ1v) is 7.05. The molecule has 1 saturated heterocycles. The molecule has 1 N–H and O–H groups in total. The first-order chi connectivity index (χ1) is 6.08. The molecule has 78 valence electrons. The van der Waals surface area contributed by atoms with E-state index in [-0.39, 0.29) is 4.08 Å². The van der Waals surface area contributed by atoms with Crippen molar-refractivity contribution >= 4 is 23.5 Å². The largest absolute Gasteiger partial charge is 0.388 e. The van der Waals surface area contributed by atoms with Gasteiger partial charge in [0.1, 0.15) is 0 Å². The Hall–Kier alpha value is 0.660. The van der Waals surface area contributed by atoms with Crippen LogP contribution in [0.5, 0.6) is 0 Å². The molecule has 0 saturated carbocycles. The van der Waals surface area contributed by atoms with E-state index in [1.807, 2.05) is 30.4 Å². The minimum absolute atomic E-state index is 0.0799. The van der Waals surface area contributed by atoms with E-state index < -0.39 is 5.60 Å².